The summed E-state index contributed by atoms with van der Waals surface area (Å²) in [4.78, 5) is 0. The fourth-order valence-electron chi connectivity index (χ4n) is 2.77. The van der Waals surface area contributed by atoms with Crippen molar-refractivity contribution in [3.05, 3.63) is 0 Å². The monoisotopic (exact) mass is 171 g/mol. The zero-order chi connectivity index (χ0) is 9.03. The maximum absolute atomic E-state index is 8.98. The van der Waals surface area contributed by atoms with Crippen LogP contribution in [0.5, 0.6) is 0 Å². The first kappa shape index (κ1) is 10.0. The van der Waals surface area contributed by atoms with E-state index in [4.69, 9.17) is 10.8 Å². The summed E-state index contributed by atoms with van der Waals surface area (Å²) >= 11 is 0. The highest BCUT2D eigenvalue weighted by atomic mass is 16.3. The second kappa shape index (κ2) is 4.24. The molecule has 2 unspecified atom stereocenters. The quantitative estimate of drug-likeness (QED) is 0.673. The summed E-state index contributed by atoms with van der Waals surface area (Å²) in [6.45, 7) is 3.29. The minimum absolute atomic E-state index is 0.281. The van der Waals surface area contributed by atoms with Crippen molar-refractivity contribution in [3.63, 3.8) is 0 Å². The average Bonchev–Trinajstić information content (AvgIpc) is 2.49. The van der Waals surface area contributed by atoms with E-state index in [0.29, 0.717) is 6.61 Å². The van der Waals surface area contributed by atoms with Gasteiger partial charge in [-0.3, -0.25) is 0 Å². The lowest BCUT2D eigenvalue weighted by molar-refractivity contribution is 0.138. The SMILES string of the molecule is CCC1CCCC1(CN)CCO. The summed E-state index contributed by atoms with van der Waals surface area (Å²) in [5.74, 6) is 0.759. The molecule has 0 aromatic heterocycles. The molecule has 72 valence electrons. The zero-order valence-corrected chi connectivity index (χ0v) is 8.05. The molecule has 0 saturated heterocycles. The van der Waals surface area contributed by atoms with Crippen LogP contribution >= 0.6 is 0 Å². The minimum Gasteiger partial charge on any atom is -0.396 e. The third-order valence-electron chi connectivity index (χ3n) is 3.60. The van der Waals surface area contributed by atoms with Crippen molar-refractivity contribution < 1.29 is 5.11 Å². The molecule has 12 heavy (non-hydrogen) atoms. The molecule has 1 aliphatic rings. The molecule has 0 spiro atoms. The van der Waals surface area contributed by atoms with E-state index in [1.54, 1.807) is 0 Å². The molecule has 1 saturated carbocycles. The number of hydrogen-bond acceptors (Lipinski definition) is 2. The summed E-state index contributed by atoms with van der Waals surface area (Å²) in [7, 11) is 0. The third-order valence-corrected chi connectivity index (χ3v) is 3.60. The van der Waals surface area contributed by atoms with Gasteiger partial charge in [-0.2, -0.15) is 0 Å². The van der Waals surface area contributed by atoms with E-state index in [-0.39, 0.29) is 5.41 Å². The van der Waals surface area contributed by atoms with Crippen LogP contribution in [0.3, 0.4) is 0 Å². The largest absolute Gasteiger partial charge is 0.396 e. The normalized spacial score (nSPS) is 35.8. The van der Waals surface area contributed by atoms with Crippen molar-refractivity contribution in [1.29, 1.82) is 0 Å². The smallest absolute Gasteiger partial charge is 0.0436 e. The van der Waals surface area contributed by atoms with Gasteiger partial charge in [0.25, 0.3) is 0 Å². The van der Waals surface area contributed by atoms with Crippen molar-refractivity contribution in [2.45, 2.75) is 39.0 Å². The van der Waals surface area contributed by atoms with Crippen molar-refractivity contribution in [2.75, 3.05) is 13.2 Å². The topological polar surface area (TPSA) is 46.2 Å². The summed E-state index contributed by atoms with van der Waals surface area (Å²) in [6.07, 6.45) is 5.96. The Morgan fingerprint density at radius 2 is 2.33 bits per heavy atom. The Balaban J connectivity index is 2.61. The van der Waals surface area contributed by atoms with Crippen LogP contribution in [0.1, 0.15) is 39.0 Å². The molecule has 0 radical (unpaired) electrons. The molecule has 3 N–H and O–H groups in total. The molecule has 0 aromatic rings. The molecule has 1 rings (SSSR count). The molecule has 2 atom stereocenters. The van der Waals surface area contributed by atoms with Gasteiger partial charge in [-0.1, -0.05) is 19.8 Å². The molecule has 0 aromatic carbocycles. The maximum atomic E-state index is 8.98. The van der Waals surface area contributed by atoms with Crippen molar-refractivity contribution in [3.8, 4) is 0 Å². The zero-order valence-electron chi connectivity index (χ0n) is 8.05. The number of hydrogen-bond donors (Lipinski definition) is 2. The molecular weight excluding hydrogens is 150 g/mol. The number of aliphatic hydroxyl groups is 1. The fourth-order valence-corrected chi connectivity index (χ4v) is 2.77. The van der Waals surface area contributed by atoms with E-state index in [9.17, 15) is 0 Å². The first-order valence-electron chi connectivity index (χ1n) is 5.10. The Kier molecular flexibility index (Phi) is 3.53. The maximum Gasteiger partial charge on any atom is 0.0436 e. The van der Waals surface area contributed by atoms with Gasteiger partial charge in [-0.25, -0.2) is 0 Å². The van der Waals surface area contributed by atoms with Gasteiger partial charge >= 0.3 is 0 Å². The van der Waals surface area contributed by atoms with Crippen LogP contribution in [0, 0.1) is 11.3 Å². The predicted molar refractivity (Wildman–Crippen MR) is 50.8 cm³/mol. The minimum atomic E-state index is 0.281. The van der Waals surface area contributed by atoms with Gasteiger partial charge in [0, 0.05) is 6.61 Å². The summed E-state index contributed by atoms with van der Waals surface area (Å²) in [5.41, 5.74) is 6.09. The molecule has 0 heterocycles. The van der Waals surface area contributed by atoms with E-state index >= 15 is 0 Å². The van der Waals surface area contributed by atoms with Crippen LogP contribution < -0.4 is 5.73 Å². The Morgan fingerprint density at radius 3 is 2.83 bits per heavy atom. The van der Waals surface area contributed by atoms with Crippen molar-refractivity contribution in [2.24, 2.45) is 17.1 Å². The summed E-state index contributed by atoms with van der Waals surface area (Å²) in [5, 5.41) is 8.98. The van der Waals surface area contributed by atoms with Gasteiger partial charge in [0.15, 0.2) is 0 Å². The van der Waals surface area contributed by atoms with E-state index in [2.05, 4.69) is 6.92 Å². The number of nitrogens with two attached hydrogens (primary N) is 1. The van der Waals surface area contributed by atoms with Crippen LogP contribution in [0.25, 0.3) is 0 Å². The van der Waals surface area contributed by atoms with Gasteiger partial charge in [0.2, 0.25) is 0 Å². The van der Waals surface area contributed by atoms with Crippen LogP contribution in [0.2, 0.25) is 0 Å². The second-order valence-electron chi connectivity index (χ2n) is 4.04. The van der Waals surface area contributed by atoms with E-state index in [0.717, 1.165) is 18.9 Å². The fraction of sp³-hybridized carbons (Fsp3) is 1.00. The first-order chi connectivity index (χ1) is 5.79. The lowest BCUT2D eigenvalue weighted by atomic mass is 9.74. The third kappa shape index (κ3) is 1.64. The standard InChI is InChI=1S/C10H21NO/c1-2-9-4-3-5-10(9,8-11)6-7-12/h9,12H,2-8,11H2,1H3. The number of rotatable bonds is 4. The van der Waals surface area contributed by atoms with Gasteiger partial charge in [-0.05, 0) is 37.1 Å². The van der Waals surface area contributed by atoms with Gasteiger partial charge in [0.05, 0.1) is 0 Å². The molecular formula is C10H21NO. The van der Waals surface area contributed by atoms with Crippen LogP contribution in [-0.4, -0.2) is 18.3 Å². The van der Waals surface area contributed by atoms with E-state index < -0.39 is 0 Å². The lowest BCUT2D eigenvalue weighted by Crippen LogP contribution is -2.34. The molecule has 0 amide bonds. The Hall–Kier alpha value is -0.0800. The van der Waals surface area contributed by atoms with Crippen LogP contribution in [0.4, 0.5) is 0 Å². The van der Waals surface area contributed by atoms with E-state index in [1.807, 2.05) is 0 Å². The predicted octanol–water partition coefficient (Wildman–Crippen LogP) is 1.52. The second-order valence-corrected chi connectivity index (χ2v) is 4.04. The molecule has 0 aliphatic heterocycles. The molecule has 2 nitrogen and oxygen atoms in total. The Labute approximate surface area is 75.2 Å². The lowest BCUT2D eigenvalue weighted by Gasteiger charge is -2.33. The molecule has 1 aliphatic carbocycles. The number of aliphatic hydroxyl groups excluding tert-OH is 1. The van der Waals surface area contributed by atoms with Gasteiger partial charge in [-0.15, -0.1) is 0 Å². The molecule has 2 heteroatoms. The van der Waals surface area contributed by atoms with Gasteiger partial charge < -0.3 is 10.8 Å². The van der Waals surface area contributed by atoms with Crippen molar-refractivity contribution >= 4 is 0 Å². The van der Waals surface area contributed by atoms with Crippen LogP contribution in [0.15, 0.2) is 0 Å². The first-order valence-corrected chi connectivity index (χ1v) is 5.10. The Bertz CT molecular complexity index is 138. The molecule has 0 bridgehead atoms. The van der Waals surface area contributed by atoms with E-state index in [1.165, 1.54) is 25.7 Å². The van der Waals surface area contributed by atoms with Gasteiger partial charge in [0.1, 0.15) is 0 Å². The average molecular weight is 171 g/mol. The molecule has 1 fully saturated rings. The summed E-state index contributed by atoms with van der Waals surface area (Å²) in [6, 6.07) is 0. The summed E-state index contributed by atoms with van der Waals surface area (Å²) < 4.78 is 0. The highest BCUT2D eigenvalue weighted by Gasteiger charge is 2.39. The highest BCUT2D eigenvalue weighted by molar-refractivity contribution is 4.91. The van der Waals surface area contributed by atoms with Crippen molar-refractivity contribution in [1.82, 2.24) is 0 Å². The van der Waals surface area contributed by atoms with Crippen LogP contribution in [-0.2, 0) is 0 Å². The highest BCUT2D eigenvalue weighted by Crippen LogP contribution is 2.46. The Morgan fingerprint density at radius 1 is 1.58 bits per heavy atom.